The highest BCUT2D eigenvalue weighted by atomic mass is 35.5. The van der Waals surface area contributed by atoms with Crippen LogP contribution in [0.25, 0.3) is 0 Å². The Bertz CT molecular complexity index is 1100. The first-order chi connectivity index (χ1) is 15.0. The van der Waals surface area contributed by atoms with Crippen molar-refractivity contribution in [2.24, 2.45) is 0 Å². The zero-order valence-corrected chi connectivity index (χ0v) is 17.6. The van der Waals surface area contributed by atoms with E-state index in [-0.39, 0.29) is 24.8 Å². The second kappa shape index (κ2) is 9.10. The van der Waals surface area contributed by atoms with Gasteiger partial charge in [0.2, 0.25) is 5.91 Å². The van der Waals surface area contributed by atoms with E-state index in [1.54, 1.807) is 36.1 Å². The lowest BCUT2D eigenvalue weighted by Crippen LogP contribution is -2.45. The van der Waals surface area contributed by atoms with Crippen LogP contribution in [0.3, 0.4) is 0 Å². The van der Waals surface area contributed by atoms with E-state index < -0.39 is 6.10 Å². The number of halogens is 1. The predicted octanol–water partition coefficient (Wildman–Crippen LogP) is 5.28. The molecule has 0 fully saturated rings. The number of rotatable bonds is 6. The van der Waals surface area contributed by atoms with Crippen LogP contribution in [-0.4, -0.2) is 24.5 Å². The number of amides is 2. The van der Waals surface area contributed by atoms with Crippen molar-refractivity contribution < 1.29 is 19.1 Å². The molecular weight excluding hydrogens is 416 g/mol. The number of para-hydroxylation sites is 3. The van der Waals surface area contributed by atoms with E-state index in [0.29, 0.717) is 33.6 Å². The topological polar surface area (TPSA) is 67.9 Å². The standard InChI is InChI=1S/C24H21ClN2O4/c1-16-24(29)27(20-9-5-6-10-22(20)30-16)14-13-23(28)26-19-15-17(25)11-12-21(19)31-18-7-3-2-4-8-18/h2-12,15-16H,13-14H2,1H3,(H,26,28). The zero-order valence-electron chi connectivity index (χ0n) is 16.9. The Labute approximate surface area is 185 Å². The van der Waals surface area contributed by atoms with Crippen LogP contribution < -0.4 is 19.7 Å². The highest BCUT2D eigenvalue weighted by Gasteiger charge is 2.31. The lowest BCUT2D eigenvalue weighted by atomic mass is 10.1. The molecule has 4 rings (SSSR count). The molecule has 1 aliphatic heterocycles. The highest BCUT2D eigenvalue weighted by molar-refractivity contribution is 6.31. The summed E-state index contributed by atoms with van der Waals surface area (Å²) in [5.74, 6) is 1.31. The van der Waals surface area contributed by atoms with Crippen molar-refractivity contribution in [1.29, 1.82) is 0 Å². The van der Waals surface area contributed by atoms with Crippen molar-refractivity contribution in [2.75, 3.05) is 16.8 Å². The molecule has 0 aromatic heterocycles. The van der Waals surface area contributed by atoms with E-state index in [1.165, 1.54) is 0 Å². The van der Waals surface area contributed by atoms with E-state index in [1.807, 2.05) is 48.5 Å². The van der Waals surface area contributed by atoms with Crippen molar-refractivity contribution >= 4 is 34.8 Å². The van der Waals surface area contributed by atoms with Gasteiger partial charge in [-0.2, -0.15) is 0 Å². The van der Waals surface area contributed by atoms with Crippen molar-refractivity contribution in [3.63, 3.8) is 0 Å². The summed E-state index contributed by atoms with van der Waals surface area (Å²) < 4.78 is 11.5. The van der Waals surface area contributed by atoms with E-state index in [0.717, 1.165) is 0 Å². The lowest BCUT2D eigenvalue weighted by Gasteiger charge is -2.32. The summed E-state index contributed by atoms with van der Waals surface area (Å²) in [6.07, 6.45) is -0.499. The summed E-state index contributed by atoms with van der Waals surface area (Å²) in [5, 5.41) is 3.32. The van der Waals surface area contributed by atoms with Gasteiger partial charge < -0.3 is 19.7 Å². The van der Waals surface area contributed by atoms with Crippen molar-refractivity contribution in [3.8, 4) is 17.2 Å². The number of ether oxygens (including phenoxy) is 2. The lowest BCUT2D eigenvalue weighted by molar-refractivity contribution is -0.125. The van der Waals surface area contributed by atoms with E-state index in [2.05, 4.69) is 5.32 Å². The molecule has 31 heavy (non-hydrogen) atoms. The fraction of sp³-hybridized carbons (Fsp3) is 0.167. The molecule has 158 valence electrons. The molecule has 1 unspecified atom stereocenters. The number of nitrogens with one attached hydrogen (secondary N) is 1. The molecule has 2 amide bonds. The summed E-state index contributed by atoms with van der Waals surface area (Å²) in [6, 6.07) is 21.6. The number of hydrogen-bond acceptors (Lipinski definition) is 4. The maximum Gasteiger partial charge on any atom is 0.267 e. The number of carbonyl (C=O) groups is 2. The molecule has 3 aromatic carbocycles. The van der Waals surface area contributed by atoms with E-state index in [4.69, 9.17) is 21.1 Å². The summed E-state index contributed by atoms with van der Waals surface area (Å²) in [6.45, 7) is 1.93. The van der Waals surface area contributed by atoms with Gasteiger partial charge in [0.05, 0.1) is 11.4 Å². The Morgan fingerprint density at radius 1 is 1.10 bits per heavy atom. The molecule has 1 aliphatic rings. The molecule has 3 aromatic rings. The van der Waals surface area contributed by atoms with E-state index in [9.17, 15) is 9.59 Å². The third-order valence-electron chi connectivity index (χ3n) is 4.82. The number of anilines is 2. The first-order valence-electron chi connectivity index (χ1n) is 9.90. The molecular formula is C24H21ClN2O4. The first-order valence-corrected chi connectivity index (χ1v) is 10.3. The van der Waals surface area contributed by atoms with Crippen LogP contribution in [0.2, 0.25) is 5.02 Å². The van der Waals surface area contributed by atoms with E-state index >= 15 is 0 Å². The van der Waals surface area contributed by atoms with Crippen LogP contribution in [0.5, 0.6) is 17.2 Å². The smallest absolute Gasteiger partial charge is 0.267 e. The van der Waals surface area contributed by atoms with Gasteiger partial charge in [0, 0.05) is 18.0 Å². The molecule has 1 heterocycles. The molecule has 0 radical (unpaired) electrons. The largest absolute Gasteiger partial charge is 0.479 e. The Morgan fingerprint density at radius 2 is 1.84 bits per heavy atom. The SMILES string of the molecule is CC1Oc2ccccc2N(CCC(=O)Nc2cc(Cl)ccc2Oc2ccccc2)C1=O. The summed E-state index contributed by atoms with van der Waals surface area (Å²) >= 11 is 6.12. The van der Waals surface area contributed by atoms with Gasteiger partial charge in [-0.15, -0.1) is 0 Å². The van der Waals surface area contributed by atoms with Crippen LogP contribution in [0, 0.1) is 0 Å². The van der Waals surface area contributed by atoms with Gasteiger partial charge in [-0.25, -0.2) is 0 Å². The minimum atomic E-state index is -0.600. The molecule has 1 atom stereocenters. The summed E-state index contributed by atoms with van der Waals surface area (Å²) in [5.41, 5.74) is 1.12. The van der Waals surface area contributed by atoms with Crippen molar-refractivity contribution in [1.82, 2.24) is 0 Å². The minimum absolute atomic E-state index is 0.101. The van der Waals surface area contributed by atoms with Crippen LogP contribution >= 0.6 is 11.6 Å². The fourth-order valence-electron chi connectivity index (χ4n) is 3.32. The van der Waals surface area contributed by atoms with Gasteiger partial charge >= 0.3 is 0 Å². The molecule has 0 spiro atoms. The third-order valence-corrected chi connectivity index (χ3v) is 5.06. The summed E-state index contributed by atoms with van der Waals surface area (Å²) in [7, 11) is 0. The van der Waals surface area contributed by atoms with Crippen LogP contribution in [-0.2, 0) is 9.59 Å². The number of nitrogens with zero attached hydrogens (tertiary/aromatic N) is 1. The second-order valence-corrected chi connectivity index (χ2v) is 7.51. The Morgan fingerprint density at radius 3 is 2.65 bits per heavy atom. The summed E-state index contributed by atoms with van der Waals surface area (Å²) in [4.78, 5) is 26.9. The quantitative estimate of drug-likeness (QED) is 0.571. The maximum atomic E-state index is 12.7. The molecule has 7 heteroatoms. The zero-order chi connectivity index (χ0) is 21.8. The Hall–Kier alpha value is -3.51. The normalized spacial score (nSPS) is 15.1. The highest BCUT2D eigenvalue weighted by Crippen LogP contribution is 2.34. The minimum Gasteiger partial charge on any atom is -0.479 e. The average Bonchev–Trinajstić information content (AvgIpc) is 2.77. The Balaban J connectivity index is 1.46. The monoisotopic (exact) mass is 436 g/mol. The molecule has 0 aliphatic carbocycles. The molecule has 1 N–H and O–H groups in total. The number of carbonyl (C=O) groups excluding carboxylic acids is 2. The molecule has 0 saturated heterocycles. The number of fused-ring (bicyclic) bond motifs is 1. The average molecular weight is 437 g/mol. The van der Waals surface area contributed by atoms with Gasteiger partial charge in [-0.3, -0.25) is 9.59 Å². The van der Waals surface area contributed by atoms with Crippen molar-refractivity contribution in [3.05, 3.63) is 77.8 Å². The molecule has 6 nitrogen and oxygen atoms in total. The van der Waals surface area contributed by atoms with Gasteiger partial charge in [0.15, 0.2) is 11.9 Å². The molecule has 0 saturated carbocycles. The fourth-order valence-corrected chi connectivity index (χ4v) is 3.49. The predicted molar refractivity (Wildman–Crippen MR) is 120 cm³/mol. The molecule has 0 bridgehead atoms. The van der Waals surface area contributed by atoms with Crippen LogP contribution in [0.15, 0.2) is 72.8 Å². The Kier molecular flexibility index (Phi) is 6.09. The van der Waals surface area contributed by atoms with Gasteiger partial charge in [0.1, 0.15) is 11.5 Å². The third kappa shape index (κ3) is 4.81. The number of hydrogen-bond donors (Lipinski definition) is 1. The first kappa shape index (κ1) is 20.8. The van der Waals surface area contributed by atoms with Crippen molar-refractivity contribution in [2.45, 2.75) is 19.4 Å². The maximum absolute atomic E-state index is 12.7. The van der Waals surface area contributed by atoms with Gasteiger partial charge in [-0.05, 0) is 49.4 Å². The van der Waals surface area contributed by atoms with Gasteiger partial charge in [0.25, 0.3) is 5.91 Å². The van der Waals surface area contributed by atoms with Gasteiger partial charge in [-0.1, -0.05) is 41.9 Å². The number of benzene rings is 3. The van der Waals surface area contributed by atoms with Crippen LogP contribution in [0.4, 0.5) is 11.4 Å². The van der Waals surface area contributed by atoms with Crippen LogP contribution in [0.1, 0.15) is 13.3 Å². The second-order valence-electron chi connectivity index (χ2n) is 7.07.